The number of amides is 1. The van der Waals surface area contributed by atoms with Gasteiger partial charge < -0.3 is 19.5 Å². The molecule has 0 aliphatic rings. The van der Waals surface area contributed by atoms with Gasteiger partial charge in [-0.2, -0.15) is 0 Å². The number of aliphatic hydroxyl groups excluding tert-OH is 1. The first-order chi connectivity index (χ1) is 9.10. The Hall–Kier alpha value is -1.75. The van der Waals surface area contributed by atoms with E-state index >= 15 is 0 Å². The van der Waals surface area contributed by atoms with Crippen molar-refractivity contribution in [2.45, 2.75) is 19.9 Å². The lowest BCUT2D eigenvalue weighted by Crippen LogP contribution is -2.40. The van der Waals surface area contributed by atoms with E-state index in [9.17, 15) is 4.79 Å². The van der Waals surface area contributed by atoms with E-state index in [0.29, 0.717) is 18.1 Å². The molecule has 106 valence electrons. The van der Waals surface area contributed by atoms with Crippen molar-refractivity contribution >= 4 is 5.91 Å². The maximum atomic E-state index is 11.8. The number of benzene rings is 1. The van der Waals surface area contributed by atoms with Crippen molar-refractivity contribution in [2.75, 3.05) is 26.9 Å². The van der Waals surface area contributed by atoms with Crippen molar-refractivity contribution < 1.29 is 19.4 Å². The predicted octanol–water partition coefficient (Wildman–Crippen LogP) is 1.30. The van der Waals surface area contributed by atoms with E-state index in [1.54, 1.807) is 26.1 Å². The highest BCUT2D eigenvalue weighted by Crippen LogP contribution is 2.26. The van der Waals surface area contributed by atoms with Crippen molar-refractivity contribution in [1.82, 2.24) is 4.90 Å². The molecule has 1 amide bonds. The summed E-state index contributed by atoms with van der Waals surface area (Å²) in [5, 5.41) is 9.00. The highest BCUT2D eigenvalue weighted by molar-refractivity contribution is 5.77. The number of hydrogen-bond donors (Lipinski definition) is 1. The lowest BCUT2D eigenvalue weighted by molar-refractivity contribution is -0.134. The molecule has 5 heteroatoms. The Balaban J connectivity index is 2.59. The van der Waals surface area contributed by atoms with Gasteiger partial charge in [-0.25, -0.2) is 0 Å². The minimum Gasteiger partial charge on any atom is -0.490 e. The Kier molecular flexibility index (Phi) is 6.15. The molecule has 1 aromatic carbocycles. The summed E-state index contributed by atoms with van der Waals surface area (Å²) in [6, 6.07) is 7.00. The molecule has 5 nitrogen and oxygen atoms in total. The standard InChI is InChI=1S/C14H21NO4/c1-4-18-12-7-5-6-8-13(12)19-10-14(17)15(3)11(2)9-16/h5-8,11,16H,4,9-10H2,1-3H3. The summed E-state index contributed by atoms with van der Waals surface area (Å²) >= 11 is 0. The monoisotopic (exact) mass is 267 g/mol. The number of para-hydroxylation sites is 2. The fraction of sp³-hybridized carbons (Fsp3) is 0.500. The minimum absolute atomic E-state index is 0.0717. The Bertz CT molecular complexity index is 408. The van der Waals surface area contributed by atoms with Gasteiger partial charge in [-0.1, -0.05) is 12.1 Å². The van der Waals surface area contributed by atoms with Gasteiger partial charge >= 0.3 is 0 Å². The van der Waals surface area contributed by atoms with Crippen molar-refractivity contribution in [3.05, 3.63) is 24.3 Å². The Morgan fingerprint density at radius 1 is 1.32 bits per heavy atom. The second-order valence-electron chi connectivity index (χ2n) is 4.20. The average molecular weight is 267 g/mol. The number of ether oxygens (including phenoxy) is 2. The van der Waals surface area contributed by atoms with Crippen LogP contribution >= 0.6 is 0 Å². The van der Waals surface area contributed by atoms with E-state index in [1.165, 1.54) is 4.90 Å². The normalized spacial score (nSPS) is 11.8. The van der Waals surface area contributed by atoms with Crippen LogP contribution in [0.15, 0.2) is 24.3 Å². The van der Waals surface area contributed by atoms with E-state index in [1.807, 2.05) is 19.1 Å². The second kappa shape index (κ2) is 7.63. The summed E-state index contributed by atoms with van der Waals surface area (Å²) in [4.78, 5) is 13.3. The van der Waals surface area contributed by atoms with Crippen LogP contribution in [0.25, 0.3) is 0 Å². The third-order valence-electron chi connectivity index (χ3n) is 2.82. The van der Waals surface area contributed by atoms with Gasteiger partial charge in [0.15, 0.2) is 18.1 Å². The molecule has 0 saturated carbocycles. The van der Waals surface area contributed by atoms with Crippen LogP contribution in [0.3, 0.4) is 0 Å². The van der Waals surface area contributed by atoms with Crippen LogP contribution < -0.4 is 9.47 Å². The summed E-state index contributed by atoms with van der Waals surface area (Å²) in [5.41, 5.74) is 0. The quantitative estimate of drug-likeness (QED) is 0.809. The molecular weight excluding hydrogens is 246 g/mol. The molecule has 0 aliphatic carbocycles. The zero-order valence-electron chi connectivity index (χ0n) is 11.6. The fourth-order valence-electron chi connectivity index (χ4n) is 1.45. The van der Waals surface area contributed by atoms with E-state index in [0.717, 1.165) is 0 Å². The molecule has 1 rings (SSSR count). The molecule has 0 fully saturated rings. The highest BCUT2D eigenvalue weighted by atomic mass is 16.5. The number of hydrogen-bond acceptors (Lipinski definition) is 4. The minimum atomic E-state index is -0.224. The van der Waals surface area contributed by atoms with Gasteiger partial charge in [0.2, 0.25) is 0 Å². The SMILES string of the molecule is CCOc1ccccc1OCC(=O)N(C)C(C)CO. The molecule has 0 bridgehead atoms. The van der Waals surface area contributed by atoms with Crippen molar-refractivity contribution in [3.8, 4) is 11.5 Å². The first-order valence-corrected chi connectivity index (χ1v) is 6.31. The summed E-state index contributed by atoms with van der Waals surface area (Å²) in [5.74, 6) is 0.978. The molecule has 0 aliphatic heterocycles. The van der Waals surface area contributed by atoms with Gasteiger partial charge in [-0.3, -0.25) is 4.79 Å². The van der Waals surface area contributed by atoms with Crippen LogP contribution in [-0.2, 0) is 4.79 Å². The number of rotatable bonds is 7. The fourth-order valence-corrected chi connectivity index (χ4v) is 1.45. The number of carbonyl (C=O) groups is 1. The lowest BCUT2D eigenvalue weighted by atomic mass is 10.3. The van der Waals surface area contributed by atoms with Gasteiger partial charge in [0, 0.05) is 7.05 Å². The Morgan fingerprint density at radius 3 is 2.42 bits per heavy atom. The molecule has 0 radical (unpaired) electrons. The number of aliphatic hydroxyl groups is 1. The van der Waals surface area contributed by atoms with Crippen molar-refractivity contribution in [2.24, 2.45) is 0 Å². The van der Waals surface area contributed by atoms with E-state index in [4.69, 9.17) is 14.6 Å². The maximum Gasteiger partial charge on any atom is 0.260 e. The largest absolute Gasteiger partial charge is 0.490 e. The number of nitrogens with zero attached hydrogens (tertiary/aromatic N) is 1. The van der Waals surface area contributed by atoms with Crippen molar-refractivity contribution in [3.63, 3.8) is 0 Å². The van der Waals surface area contributed by atoms with Crippen LogP contribution in [0, 0.1) is 0 Å². The summed E-state index contributed by atoms with van der Waals surface area (Å²) in [6.45, 7) is 4.04. The van der Waals surface area contributed by atoms with Crippen LogP contribution in [0.2, 0.25) is 0 Å². The average Bonchev–Trinajstić information content (AvgIpc) is 2.44. The first-order valence-electron chi connectivity index (χ1n) is 6.31. The highest BCUT2D eigenvalue weighted by Gasteiger charge is 2.16. The number of likely N-dealkylation sites (N-methyl/N-ethyl adjacent to an activating group) is 1. The predicted molar refractivity (Wildman–Crippen MR) is 72.4 cm³/mol. The summed E-state index contributed by atoms with van der Waals surface area (Å²) < 4.78 is 10.9. The van der Waals surface area contributed by atoms with Crippen molar-refractivity contribution in [1.29, 1.82) is 0 Å². The van der Waals surface area contributed by atoms with Crippen LogP contribution in [0.4, 0.5) is 0 Å². The zero-order valence-corrected chi connectivity index (χ0v) is 11.6. The van der Waals surface area contributed by atoms with E-state index in [2.05, 4.69) is 0 Å². The molecule has 0 aromatic heterocycles. The third-order valence-corrected chi connectivity index (χ3v) is 2.82. The topological polar surface area (TPSA) is 59.0 Å². The molecule has 1 aromatic rings. The van der Waals surface area contributed by atoms with Crippen LogP contribution in [0.5, 0.6) is 11.5 Å². The van der Waals surface area contributed by atoms with Gasteiger partial charge in [-0.15, -0.1) is 0 Å². The molecule has 1 atom stereocenters. The second-order valence-corrected chi connectivity index (χ2v) is 4.20. The zero-order chi connectivity index (χ0) is 14.3. The van der Waals surface area contributed by atoms with E-state index in [-0.39, 0.29) is 25.2 Å². The molecule has 1 N–H and O–H groups in total. The van der Waals surface area contributed by atoms with Gasteiger partial charge in [0.1, 0.15) is 0 Å². The van der Waals surface area contributed by atoms with Gasteiger partial charge in [-0.05, 0) is 26.0 Å². The first kappa shape index (κ1) is 15.3. The number of carbonyl (C=O) groups excluding carboxylic acids is 1. The molecule has 1 unspecified atom stereocenters. The van der Waals surface area contributed by atoms with Gasteiger partial charge in [0.25, 0.3) is 5.91 Å². The lowest BCUT2D eigenvalue weighted by Gasteiger charge is -2.23. The summed E-state index contributed by atoms with van der Waals surface area (Å²) in [6.07, 6.45) is 0. The third kappa shape index (κ3) is 4.44. The van der Waals surface area contributed by atoms with E-state index < -0.39 is 0 Å². The smallest absolute Gasteiger partial charge is 0.260 e. The van der Waals surface area contributed by atoms with Crippen LogP contribution in [0.1, 0.15) is 13.8 Å². The molecular formula is C14H21NO4. The molecule has 19 heavy (non-hydrogen) atoms. The molecule has 0 heterocycles. The Labute approximate surface area is 113 Å². The molecule has 0 saturated heterocycles. The summed E-state index contributed by atoms with van der Waals surface area (Å²) in [7, 11) is 1.64. The van der Waals surface area contributed by atoms with Crippen LogP contribution in [-0.4, -0.2) is 48.8 Å². The van der Waals surface area contributed by atoms with Gasteiger partial charge in [0.05, 0.1) is 19.3 Å². The molecule has 0 spiro atoms. The Morgan fingerprint density at radius 2 is 1.89 bits per heavy atom. The maximum absolute atomic E-state index is 11.8.